The van der Waals surface area contributed by atoms with Crippen LogP contribution in [0.2, 0.25) is 0 Å². The Balaban J connectivity index is 2.85. The maximum Gasteiger partial charge on any atom is 0.416 e. The van der Waals surface area contributed by atoms with Crippen molar-refractivity contribution in [3.05, 3.63) is 22.8 Å². The van der Waals surface area contributed by atoms with Gasteiger partial charge in [0, 0.05) is 0 Å². The number of hydrogen-bond donors (Lipinski definition) is 1. The normalized spacial score (nSPS) is 17.2. The lowest BCUT2D eigenvalue weighted by molar-refractivity contribution is -0.132. The summed E-state index contributed by atoms with van der Waals surface area (Å²) in [5, 5.41) is 8.32. The molecule has 0 radical (unpaired) electrons. The van der Waals surface area contributed by atoms with Gasteiger partial charge in [-0.05, 0) is 18.6 Å². The van der Waals surface area contributed by atoms with Gasteiger partial charge in [0.05, 0.1) is 11.1 Å². The topological polar surface area (TPSA) is 37.3 Å². The van der Waals surface area contributed by atoms with Crippen molar-refractivity contribution < 1.29 is 23.1 Å². The molecule has 0 aromatic heterocycles. The fourth-order valence-electron chi connectivity index (χ4n) is 0.945. The molecule has 66 valence electrons. The van der Waals surface area contributed by atoms with E-state index in [0.29, 0.717) is 6.08 Å². The van der Waals surface area contributed by atoms with E-state index in [0.717, 1.165) is 6.92 Å². The Morgan fingerprint density at radius 2 is 2.00 bits per heavy atom. The van der Waals surface area contributed by atoms with Crippen LogP contribution < -0.4 is 0 Å². The molecule has 1 N–H and O–H groups in total. The van der Waals surface area contributed by atoms with Gasteiger partial charge in [0.15, 0.2) is 0 Å². The number of halogens is 3. The van der Waals surface area contributed by atoms with Crippen molar-refractivity contribution >= 4 is 5.97 Å². The summed E-state index contributed by atoms with van der Waals surface area (Å²) in [6, 6.07) is 0. The highest BCUT2D eigenvalue weighted by Gasteiger charge is 2.40. The van der Waals surface area contributed by atoms with Crippen molar-refractivity contribution in [3.8, 4) is 0 Å². The van der Waals surface area contributed by atoms with Crippen LogP contribution >= 0.6 is 0 Å². The fraction of sp³-hybridized carbons (Fsp3) is 0.286. The molecule has 2 nitrogen and oxygen atoms in total. The largest absolute Gasteiger partial charge is 0.478 e. The molecule has 12 heavy (non-hydrogen) atoms. The molecule has 0 aromatic carbocycles. The van der Waals surface area contributed by atoms with Crippen LogP contribution in [-0.4, -0.2) is 17.3 Å². The van der Waals surface area contributed by atoms with Gasteiger partial charge in [-0.25, -0.2) is 4.79 Å². The lowest BCUT2D eigenvalue weighted by atomic mass is 9.89. The minimum Gasteiger partial charge on any atom is -0.478 e. The number of carboxylic acid groups (broad SMARTS) is 1. The Hall–Kier alpha value is -1.26. The molecule has 0 bridgehead atoms. The molecule has 1 rings (SSSR count). The first-order valence-electron chi connectivity index (χ1n) is 3.07. The second-order valence-electron chi connectivity index (χ2n) is 2.40. The van der Waals surface area contributed by atoms with E-state index in [2.05, 4.69) is 0 Å². The molecular formula is C7H5F3O2. The highest BCUT2D eigenvalue weighted by molar-refractivity contribution is 5.95. The van der Waals surface area contributed by atoms with Gasteiger partial charge in [0.1, 0.15) is 0 Å². The number of hydrogen-bond acceptors (Lipinski definition) is 1. The van der Waals surface area contributed by atoms with Gasteiger partial charge in [0.25, 0.3) is 0 Å². The van der Waals surface area contributed by atoms with E-state index in [1.54, 1.807) is 0 Å². The monoisotopic (exact) mass is 178 g/mol. The molecule has 0 spiro atoms. The maximum absolute atomic E-state index is 11.9. The SMILES string of the molecule is CC1=C(C(=O)O)C=C1C(F)(F)F. The number of allylic oxidation sites excluding steroid dienone is 2. The molecule has 0 aliphatic heterocycles. The molecule has 0 heterocycles. The Bertz CT molecular complexity index is 296. The third kappa shape index (κ3) is 1.22. The predicted octanol–water partition coefficient (Wildman–Crippen LogP) is 1.89. The summed E-state index contributed by atoms with van der Waals surface area (Å²) >= 11 is 0. The van der Waals surface area contributed by atoms with Crippen LogP contribution in [0.3, 0.4) is 0 Å². The summed E-state index contributed by atoms with van der Waals surface area (Å²) in [6.07, 6.45) is -3.79. The van der Waals surface area contributed by atoms with Crippen LogP contribution in [0.4, 0.5) is 13.2 Å². The highest BCUT2D eigenvalue weighted by atomic mass is 19.4. The van der Waals surface area contributed by atoms with E-state index >= 15 is 0 Å². The number of carboxylic acids is 1. The van der Waals surface area contributed by atoms with Crippen molar-refractivity contribution in [2.75, 3.05) is 0 Å². The molecule has 0 unspecified atom stereocenters. The van der Waals surface area contributed by atoms with Gasteiger partial charge in [-0.3, -0.25) is 0 Å². The number of rotatable bonds is 1. The summed E-state index contributed by atoms with van der Waals surface area (Å²) in [6.45, 7) is 1.15. The van der Waals surface area contributed by atoms with Gasteiger partial charge in [0.2, 0.25) is 0 Å². The smallest absolute Gasteiger partial charge is 0.416 e. The van der Waals surface area contributed by atoms with Crippen LogP contribution in [0.5, 0.6) is 0 Å². The fourth-order valence-corrected chi connectivity index (χ4v) is 0.945. The first kappa shape index (κ1) is 8.83. The lowest BCUT2D eigenvalue weighted by Gasteiger charge is -2.20. The predicted molar refractivity (Wildman–Crippen MR) is 34.5 cm³/mol. The van der Waals surface area contributed by atoms with E-state index in [9.17, 15) is 18.0 Å². The Labute approximate surface area is 66.0 Å². The van der Waals surface area contributed by atoms with Crippen LogP contribution in [-0.2, 0) is 4.79 Å². The molecule has 0 saturated carbocycles. The second-order valence-corrected chi connectivity index (χ2v) is 2.40. The van der Waals surface area contributed by atoms with Crippen molar-refractivity contribution in [1.29, 1.82) is 0 Å². The number of alkyl halides is 3. The van der Waals surface area contributed by atoms with Crippen molar-refractivity contribution in [2.24, 2.45) is 0 Å². The summed E-state index contributed by atoms with van der Waals surface area (Å²) in [5.41, 5.74) is -1.31. The minimum atomic E-state index is -4.43. The molecule has 1 aliphatic carbocycles. The van der Waals surface area contributed by atoms with Gasteiger partial charge in [-0.2, -0.15) is 13.2 Å². The summed E-state index contributed by atoms with van der Waals surface area (Å²) in [5.74, 6) is -1.32. The molecule has 5 heteroatoms. The third-order valence-corrected chi connectivity index (χ3v) is 1.63. The van der Waals surface area contributed by atoms with E-state index in [-0.39, 0.29) is 11.1 Å². The maximum atomic E-state index is 11.9. The van der Waals surface area contributed by atoms with Crippen LogP contribution in [0, 0.1) is 0 Å². The van der Waals surface area contributed by atoms with Gasteiger partial charge in [-0.1, -0.05) is 0 Å². The highest BCUT2D eigenvalue weighted by Crippen LogP contribution is 2.39. The summed E-state index contributed by atoms with van der Waals surface area (Å²) < 4.78 is 35.7. The van der Waals surface area contributed by atoms with Gasteiger partial charge in [-0.15, -0.1) is 0 Å². The number of aliphatic carboxylic acids is 1. The average molecular weight is 178 g/mol. The second kappa shape index (κ2) is 2.36. The summed E-state index contributed by atoms with van der Waals surface area (Å²) in [4.78, 5) is 10.2. The molecule has 0 atom stereocenters. The van der Waals surface area contributed by atoms with Crippen LogP contribution in [0.15, 0.2) is 22.8 Å². The molecule has 0 aromatic rings. The van der Waals surface area contributed by atoms with Crippen LogP contribution in [0.1, 0.15) is 6.92 Å². The van der Waals surface area contributed by atoms with Gasteiger partial charge < -0.3 is 5.11 Å². The molecule has 0 amide bonds. The zero-order valence-corrected chi connectivity index (χ0v) is 6.07. The van der Waals surface area contributed by atoms with E-state index < -0.39 is 17.7 Å². The first-order valence-corrected chi connectivity index (χ1v) is 3.07. The first-order chi connectivity index (χ1) is 5.34. The van der Waals surface area contributed by atoms with E-state index in [1.807, 2.05) is 0 Å². The van der Waals surface area contributed by atoms with E-state index in [1.165, 1.54) is 0 Å². The summed E-state index contributed by atoms with van der Waals surface area (Å²) in [7, 11) is 0. The van der Waals surface area contributed by atoms with Crippen molar-refractivity contribution in [2.45, 2.75) is 13.1 Å². The molecular weight excluding hydrogens is 173 g/mol. The zero-order chi connectivity index (χ0) is 9.52. The van der Waals surface area contributed by atoms with Crippen molar-refractivity contribution in [3.63, 3.8) is 0 Å². The standard InChI is InChI=1S/C7H5F3O2/c1-3-4(6(11)12)2-5(3)7(8,9)10/h2H,1H3,(H,11,12). The number of carbonyl (C=O) groups is 1. The minimum absolute atomic E-state index is 0.199. The Morgan fingerprint density at radius 3 is 2.25 bits per heavy atom. The van der Waals surface area contributed by atoms with Gasteiger partial charge >= 0.3 is 12.1 Å². The average Bonchev–Trinajstić information content (AvgIpc) is 1.80. The Kier molecular flexibility index (Phi) is 1.74. The Morgan fingerprint density at radius 1 is 1.50 bits per heavy atom. The van der Waals surface area contributed by atoms with Crippen LogP contribution in [0.25, 0.3) is 0 Å². The quantitative estimate of drug-likeness (QED) is 0.665. The lowest BCUT2D eigenvalue weighted by Crippen LogP contribution is -2.22. The van der Waals surface area contributed by atoms with Crippen molar-refractivity contribution in [1.82, 2.24) is 0 Å². The van der Waals surface area contributed by atoms with E-state index in [4.69, 9.17) is 5.11 Å². The molecule has 1 aliphatic rings. The molecule has 0 saturated heterocycles. The molecule has 0 fully saturated rings. The third-order valence-electron chi connectivity index (χ3n) is 1.63. The zero-order valence-electron chi connectivity index (χ0n) is 6.07.